The van der Waals surface area contributed by atoms with Gasteiger partial charge in [0.1, 0.15) is 0 Å². The van der Waals surface area contributed by atoms with Crippen molar-refractivity contribution in [2.24, 2.45) is 12.8 Å². The Morgan fingerprint density at radius 2 is 2.00 bits per heavy atom. The molecule has 5 nitrogen and oxygen atoms in total. The van der Waals surface area contributed by atoms with E-state index in [0.717, 1.165) is 23.4 Å². The molecule has 0 aliphatic rings. The molecule has 2 aromatic rings. The van der Waals surface area contributed by atoms with E-state index in [1.165, 1.54) is 0 Å². The van der Waals surface area contributed by atoms with E-state index in [9.17, 15) is 4.79 Å². The second kappa shape index (κ2) is 7.07. The number of carbonyl (C=O) groups excluding carboxylic acids is 1. The number of rotatable bonds is 4. The SMILES string of the molecule is CCc1nn(C)cc1C(=O)Nc1ccc(CN)cc1.Cl. The first-order valence-electron chi connectivity index (χ1n) is 6.27. The lowest BCUT2D eigenvalue weighted by Crippen LogP contribution is -2.13. The molecule has 0 saturated carbocycles. The van der Waals surface area contributed by atoms with Gasteiger partial charge in [-0.1, -0.05) is 19.1 Å². The lowest BCUT2D eigenvalue weighted by atomic mass is 10.1. The molecular formula is C14H19ClN4O. The van der Waals surface area contributed by atoms with E-state index in [1.807, 2.05) is 38.2 Å². The van der Waals surface area contributed by atoms with Crippen LogP contribution in [0.5, 0.6) is 0 Å². The van der Waals surface area contributed by atoms with Gasteiger partial charge in [0.25, 0.3) is 5.91 Å². The number of anilines is 1. The number of benzene rings is 1. The Morgan fingerprint density at radius 3 is 2.55 bits per heavy atom. The van der Waals surface area contributed by atoms with E-state index in [2.05, 4.69) is 10.4 Å². The van der Waals surface area contributed by atoms with Gasteiger partial charge in [-0.2, -0.15) is 5.10 Å². The molecule has 0 atom stereocenters. The van der Waals surface area contributed by atoms with Crippen molar-refractivity contribution in [3.63, 3.8) is 0 Å². The number of carbonyl (C=O) groups is 1. The van der Waals surface area contributed by atoms with E-state index in [0.29, 0.717) is 12.1 Å². The van der Waals surface area contributed by atoms with E-state index >= 15 is 0 Å². The molecule has 0 fully saturated rings. The van der Waals surface area contributed by atoms with Gasteiger partial charge in [-0.3, -0.25) is 9.48 Å². The van der Waals surface area contributed by atoms with Crippen LogP contribution < -0.4 is 11.1 Å². The van der Waals surface area contributed by atoms with Crippen LogP contribution in [-0.4, -0.2) is 15.7 Å². The Hall–Kier alpha value is -1.85. The van der Waals surface area contributed by atoms with Gasteiger partial charge in [0, 0.05) is 25.5 Å². The smallest absolute Gasteiger partial charge is 0.259 e. The van der Waals surface area contributed by atoms with E-state index in [-0.39, 0.29) is 18.3 Å². The largest absolute Gasteiger partial charge is 0.326 e. The first-order chi connectivity index (χ1) is 9.13. The van der Waals surface area contributed by atoms with Crippen LogP contribution >= 0.6 is 12.4 Å². The zero-order valence-corrected chi connectivity index (χ0v) is 12.4. The van der Waals surface area contributed by atoms with Crippen LogP contribution in [0.1, 0.15) is 28.5 Å². The van der Waals surface area contributed by atoms with Gasteiger partial charge >= 0.3 is 0 Å². The van der Waals surface area contributed by atoms with Gasteiger partial charge < -0.3 is 11.1 Å². The lowest BCUT2D eigenvalue weighted by molar-refractivity contribution is 0.102. The van der Waals surface area contributed by atoms with Crippen LogP contribution in [0.2, 0.25) is 0 Å². The highest BCUT2D eigenvalue weighted by Gasteiger charge is 2.14. The number of nitrogens with zero attached hydrogens (tertiary/aromatic N) is 2. The van der Waals surface area contributed by atoms with Crippen molar-refractivity contribution in [1.82, 2.24) is 9.78 Å². The van der Waals surface area contributed by atoms with E-state index in [4.69, 9.17) is 5.73 Å². The molecule has 1 aromatic carbocycles. The second-order valence-corrected chi connectivity index (χ2v) is 4.37. The second-order valence-electron chi connectivity index (χ2n) is 4.37. The number of hydrogen-bond donors (Lipinski definition) is 2. The van der Waals surface area contributed by atoms with Gasteiger partial charge in [0.15, 0.2) is 0 Å². The number of hydrogen-bond acceptors (Lipinski definition) is 3. The van der Waals surface area contributed by atoms with Crippen molar-refractivity contribution in [3.8, 4) is 0 Å². The average Bonchev–Trinajstić information content (AvgIpc) is 2.81. The molecule has 1 aromatic heterocycles. The van der Waals surface area contributed by atoms with Crippen molar-refractivity contribution in [1.29, 1.82) is 0 Å². The quantitative estimate of drug-likeness (QED) is 0.907. The van der Waals surface area contributed by atoms with Crippen LogP contribution in [-0.2, 0) is 20.0 Å². The summed E-state index contributed by atoms with van der Waals surface area (Å²) in [6.45, 7) is 2.48. The molecule has 0 saturated heterocycles. The van der Waals surface area contributed by atoms with Crippen LogP contribution in [0.4, 0.5) is 5.69 Å². The van der Waals surface area contributed by atoms with Gasteiger partial charge in [-0.05, 0) is 24.1 Å². The molecule has 0 bridgehead atoms. The number of nitrogens with two attached hydrogens (primary N) is 1. The Kier molecular flexibility index (Phi) is 5.73. The standard InChI is InChI=1S/C14H18N4O.ClH/c1-3-13-12(9-18(2)17-13)14(19)16-11-6-4-10(8-15)5-7-11;/h4-7,9H,3,8,15H2,1-2H3,(H,16,19);1H. The monoisotopic (exact) mass is 294 g/mol. The molecule has 2 rings (SSSR count). The average molecular weight is 295 g/mol. The van der Waals surface area contributed by atoms with Crippen LogP contribution in [0, 0.1) is 0 Å². The summed E-state index contributed by atoms with van der Waals surface area (Å²) >= 11 is 0. The third-order valence-electron chi connectivity index (χ3n) is 2.93. The van der Waals surface area contributed by atoms with Crippen LogP contribution in [0.15, 0.2) is 30.5 Å². The molecule has 0 aliphatic heterocycles. The molecular weight excluding hydrogens is 276 g/mol. The van der Waals surface area contributed by atoms with E-state index < -0.39 is 0 Å². The zero-order valence-electron chi connectivity index (χ0n) is 11.6. The van der Waals surface area contributed by atoms with Crippen molar-refractivity contribution in [2.75, 3.05) is 5.32 Å². The predicted octanol–water partition coefficient (Wildman–Crippen LogP) is 2.12. The predicted molar refractivity (Wildman–Crippen MR) is 82.1 cm³/mol. The third kappa shape index (κ3) is 3.59. The fourth-order valence-electron chi connectivity index (χ4n) is 1.91. The lowest BCUT2D eigenvalue weighted by Gasteiger charge is -2.05. The molecule has 108 valence electrons. The third-order valence-corrected chi connectivity index (χ3v) is 2.93. The maximum absolute atomic E-state index is 12.2. The Morgan fingerprint density at radius 1 is 1.35 bits per heavy atom. The minimum absolute atomic E-state index is 0. The molecule has 6 heteroatoms. The summed E-state index contributed by atoms with van der Waals surface area (Å²) < 4.78 is 1.66. The number of aryl methyl sites for hydroxylation is 2. The Labute approximate surface area is 124 Å². The maximum atomic E-state index is 12.2. The summed E-state index contributed by atoms with van der Waals surface area (Å²) in [5.41, 5.74) is 8.75. The summed E-state index contributed by atoms with van der Waals surface area (Å²) in [4.78, 5) is 12.2. The highest BCUT2D eigenvalue weighted by atomic mass is 35.5. The van der Waals surface area contributed by atoms with Crippen molar-refractivity contribution < 1.29 is 4.79 Å². The summed E-state index contributed by atoms with van der Waals surface area (Å²) in [6.07, 6.45) is 2.47. The molecule has 20 heavy (non-hydrogen) atoms. The highest BCUT2D eigenvalue weighted by Crippen LogP contribution is 2.13. The summed E-state index contributed by atoms with van der Waals surface area (Å²) in [7, 11) is 1.81. The number of aromatic nitrogens is 2. The minimum Gasteiger partial charge on any atom is -0.326 e. The number of halogens is 1. The van der Waals surface area contributed by atoms with Crippen molar-refractivity contribution >= 4 is 24.0 Å². The molecule has 0 radical (unpaired) electrons. The molecule has 0 aliphatic carbocycles. The molecule has 1 heterocycles. The summed E-state index contributed by atoms with van der Waals surface area (Å²) in [5, 5.41) is 7.12. The highest BCUT2D eigenvalue weighted by molar-refractivity contribution is 6.04. The topological polar surface area (TPSA) is 72.9 Å². The van der Waals surface area contributed by atoms with E-state index in [1.54, 1.807) is 10.9 Å². The normalized spacial score (nSPS) is 9.95. The van der Waals surface area contributed by atoms with Gasteiger partial charge in [-0.25, -0.2) is 0 Å². The number of amides is 1. The van der Waals surface area contributed by atoms with Gasteiger partial charge in [0.05, 0.1) is 11.3 Å². The Bertz CT molecular complexity index is 577. The van der Waals surface area contributed by atoms with Crippen LogP contribution in [0.3, 0.4) is 0 Å². The minimum atomic E-state index is -0.134. The zero-order chi connectivity index (χ0) is 13.8. The molecule has 1 amide bonds. The molecule has 0 spiro atoms. The number of nitrogens with one attached hydrogen (secondary N) is 1. The first kappa shape index (κ1) is 16.2. The van der Waals surface area contributed by atoms with Gasteiger partial charge in [-0.15, -0.1) is 12.4 Å². The Balaban J connectivity index is 0.00000200. The molecule has 0 unspecified atom stereocenters. The first-order valence-corrected chi connectivity index (χ1v) is 6.27. The van der Waals surface area contributed by atoms with Crippen LogP contribution in [0.25, 0.3) is 0 Å². The van der Waals surface area contributed by atoms with Gasteiger partial charge in [0.2, 0.25) is 0 Å². The fraction of sp³-hybridized carbons (Fsp3) is 0.286. The summed E-state index contributed by atoms with van der Waals surface area (Å²) in [5.74, 6) is -0.134. The fourth-order valence-corrected chi connectivity index (χ4v) is 1.91. The maximum Gasteiger partial charge on any atom is 0.259 e. The van der Waals surface area contributed by atoms with Crippen molar-refractivity contribution in [2.45, 2.75) is 19.9 Å². The molecule has 3 N–H and O–H groups in total. The summed E-state index contributed by atoms with van der Waals surface area (Å²) in [6, 6.07) is 7.50. The van der Waals surface area contributed by atoms with Crippen molar-refractivity contribution in [3.05, 3.63) is 47.3 Å².